The summed E-state index contributed by atoms with van der Waals surface area (Å²) in [6, 6.07) is -0.636. The Labute approximate surface area is 394 Å². The number of hydrogen-bond donors (Lipinski definition) is 3. The summed E-state index contributed by atoms with van der Waals surface area (Å²) < 4.78 is 0. The summed E-state index contributed by atoms with van der Waals surface area (Å²) in [7, 11) is 0. The number of rotatable bonds is 52. The summed E-state index contributed by atoms with van der Waals surface area (Å²) in [5.74, 6) is -0.0707. The molecule has 0 fully saturated rings. The van der Waals surface area contributed by atoms with E-state index in [1.807, 2.05) is 6.08 Å². The number of carbonyl (C=O) groups is 1. The summed E-state index contributed by atoms with van der Waals surface area (Å²) in [6.07, 6.45) is 75.8. The third-order valence-electron chi connectivity index (χ3n) is 13.0. The number of carbonyl (C=O) groups excluding carboxylic acids is 1. The first-order valence-electron chi connectivity index (χ1n) is 28.4. The molecule has 4 nitrogen and oxygen atoms in total. The van der Waals surface area contributed by atoms with Crippen LogP contribution < -0.4 is 5.32 Å². The van der Waals surface area contributed by atoms with Crippen molar-refractivity contribution in [3.05, 3.63) is 48.6 Å². The minimum Gasteiger partial charge on any atom is -0.394 e. The zero-order valence-electron chi connectivity index (χ0n) is 42.6. The maximum atomic E-state index is 12.4. The van der Waals surface area contributed by atoms with Crippen molar-refractivity contribution in [2.24, 2.45) is 0 Å². The first-order valence-corrected chi connectivity index (χ1v) is 28.4. The van der Waals surface area contributed by atoms with E-state index >= 15 is 0 Å². The fourth-order valence-electron chi connectivity index (χ4n) is 8.70. The highest BCUT2D eigenvalue weighted by molar-refractivity contribution is 5.76. The van der Waals surface area contributed by atoms with Gasteiger partial charge in [0, 0.05) is 6.42 Å². The quantitative estimate of drug-likeness (QED) is 0.0421. The zero-order chi connectivity index (χ0) is 45.6. The number of unbranched alkanes of at least 4 members (excludes halogenated alkanes) is 39. The van der Waals surface area contributed by atoms with Crippen molar-refractivity contribution in [1.29, 1.82) is 0 Å². The average molecular weight is 883 g/mol. The molecule has 0 rings (SSSR count). The number of aliphatic hydroxyl groups excluding tert-OH is 2. The molecule has 0 aromatic rings. The van der Waals surface area contributed by atoms with Crippen LogP contribution in [0.25, 0.3) is 0 Å². The zero-order valence-corrected chi connectivity index (χ0v) is 42.6. The Hall–Kier alpha value is -1.65. The maximum absolute atomic E-state index is 12.4. The summed E-state index contributed by atoms with van der Waals surface area (Å²) >= 11 is 0. The second-order valence-electron chi connectivity index (χ2n) is 19.3. The predicted octanol–water partition coefficient (Wildman–Crippen LogP) is 18.6. The summed E-state index contributed by atoms with van der Waals surface area (Å²) in [5, 5.41) is 23.0. The molecule has 2 unspecified atom stereocenters. The Kier molecular flexibility index (Phi) is 53.3. The van der Waals surface area contributed by atoms with Gasteiger partial charge in [0.25, 0.3) is 0 Å². The lowest BCUT2D eigenvalue weighted by Gasteiger charge is -2.19. The van der Waals surface area contributed by atoms with E-state index in [9.17, 15) is 15.0 Å². The van der Waals surface area contributed by atoms with Crippen molar-refractivity contribution < 1.29 is 15.0 Å². The average Bonchev–Trinajstić information content (AvgIpc) is 3.29. The van der Waals surface area contributed by atoms with Crippen molar-refractivity contribution in [3.8, 4) is 0 Å². The molecule has 1 amide bonds. The normalized spacial score (nSPS) is 13.1. The number of nitrogens with one attached hydrogen (secondary N) is 1. The first-order chi connectivity index (χ1) is 31.2. The van der Waals surface area contributed by atoms with E-state index < -0.39 is 12.1 Å². The van der Waals surface area contributed by atoms with Crippen LogP contribution in [0.1, 0.15) is 303 Å². The molecule has 4 heteroatoms. The van der Waals surface area contributed by atoms with Crippen LogP contribution in [-0.2, 0) is 4.79 Å². The Bertz CT molecular complexity index is 1000. The first kappa shape index (κ1) is 61.4. The van der Waals surface area contributed by atoms with Crippen molar-refractivity contribution in [3.63, 3.8) is 0 Å². The molecular weight excluding hydrogens is 771 g/mol. The van der Waals surface area contributed by atoms with Crippen LogP contribution in [0.2, 0.25) is 0 Å². The predicted molar refractivity (Wildman–Crippen MR) is 281 cm³/mol. The highest BCUT2D eigenvalue weighted by Crippen LogP contribution is 2.17. The second kappa shape index (κ2) is 54.7. The molecule has 0 aromatic heterocycles. The van der Waals surface area contributed by atoms with Gasteiger partial charge in [-0.25, -0.2) is 0 Å². The van der Waals surface area contributed by atoms with Gasteiger partial charge in [-0.15, -0.1) is 0 Å². The molecule has 0 aliphatic carbocycles. The molecule has 63 heavy (non-hydrogen) atoms. The van der Waals surface area contributed by atoms with Gasteiger partial charge in [0.15, 0.2) is 0 Å². The monoisotopic (exact) mass is 882 g/mol. The standard InChI is InChI=1S/C59H111NO3/c1-3-5-7-9-11-13-15-17-18-19-20-21-22-23-24-25-26-27-28-29-30-31-32-33-34-35-36-37-38-39-40-41-42-43-45-47-49-51-53-55-59(63)60-57(56-61)58(62)54-52-50-48-46-44-16-14-12-10-8-6-4-2/h15,17,19-20,44,46,52,54,57-58,61-62H,3-14,16,18,21-43,45,47-51,53,55-56H2,1-2H3,(H,60,63)/b17-15-,20-19-,46-44+,54-52+. The molecule has 0 saturated carbocycles. The topological polar surface area (TPSA) is 69.6 Å². The van der Waals surface area contributed by atoms with E-state index in [0.717, 1.165) is 38.5 Å². The lowest BCUT2D eigenvalue weighted by atomic mass is 10.0. The lowest BCUT2D eigenvalue weighted by molar-refractivity contribution is -0.123. The van der Waals surface area contributed by atoms with E-state index in [1.165, 1.54) is 244 Å². The van der Waals surface area contributed by atoms with Gasteiger partial charge in [-0.1, -0.05) is 281 Å². The van der Waals surface area contributed by atoms with E-state index in [1.54, 1.807) is 6.08 Å². The lowest BCUT2D eigenvalue weighted by Crippen LogP contribution is -2.45. The van der Waals surface area contributed by atoms with Gasteiger partial charge in [0.05, 0.1) is 18.8 Å². The fraction of sp³-hybridized carbons (Fsp3) is 0.847. The minimum atomic E-state index is -0.859. The van der Waals surface area contributed by atoms with Gasteiger partial charge in [-0.3, -0.25) is 4.79 Å². The summed E-state index contributed by atoms with van der Waals surface area (Å²) in [4.78, 5) is 12.4. The van der Waals surface area contributed by atoms with Gasteiger partial charge >= 0.3 is 0 Å². The Morgan fingerprint density at radius 1 is 0.381 bits per heavy atom. The molecule has 0 bridgehead atoms. The molecule has 0 aliphatic rings. The van der Waals surface area contributed by atoms with E-state index in [4.69, 9.17) is 0 Å². The van der Waals surface area contributed by atoms with Gasteiger partial charge in [-0.05, 0) is 64.2 Å². The molecule has 3 N–H and O–H groups in total. The molecule has 0 aromatic carbocycles. The van der Waals surface area contributed by atoms with Gasteiger partial charge in [0.2, 0.25) is 5.91 Å². The van der Waals surface area contributed by atoms with Crippen LogP contribution in [-0.4, -0.2) is 34.9 Å². The molecule has 0 radical (unpaired) electrons. The maximum Gasteiger partial charge on any atom is 0.220 e. The van der Waals surface area contributed by atoms with Crippen molar-refractivity contribution in [1.82, 2.24) is 5.32 Å². The Morgan fingerprint density at radius 3 is 1.02 bits per heavy atom. The van der Waals surface area contributed by atoms with Gasteiger partial charge in [-0.2, -0.15) is 0 Å². The molecule has 0 heterocycles. The second-order valence-corrected chi connectivity index (χ2v) is 19.3. The largest absolute Gasteiger partial charge is 0.394 e. The fourth-order valence-corrected chi connectivity index (χ4v) is 8.70. The molecule has 0 saturated heterocycles. The van der Waals surface area contributed by atoms with Crippen LogP contribution in [0.4, 0.5) is 0 Å². The number of hydrogen-bond acceptors (Lipinski definition) is 3. The molecule has 0 aliphatic heterocycles. The van der Waals surface area contributed by atoms with Crippen LogP contribution in [0.5, 0.6) is 0 Å². The minimum absolute atomic E-state index is 0.0707. The summed E-state index contributed by atoms with van der Waals surface area (Å²) in [5.41, 5.74) is 0. The Balaban J connectivity index is 3.38. The van der Waals surface area contributed by atoms with Crippen molar-refractivity contribution in [2.75, 3.05) is 6.61 Å². The van der Waals surface area contributed by atoms with Crippen LogP contribution >= 0.6 is 0 Å². The Morgan fingerprint density at radius 2 is 0.667 bits per heavy atom. The van der Waals surface area contributed by atoms with E-state index in [-0.39, 0.29) is 12.5 Å². The third kappa shape index (κ3) is 51.2. The number of aliphatic hydroxyl groups is 2. The highest BCUT2D eigenvalue weighted by Gasteiger charge is 2.18. The van der Waals surface area contributed by atoms with Crippen LogP contribution in [0.15, 0.2) is 48.6 Å². The van der Waals surface area contributed by atoms with Crippen LogP contribution in [0, 0.1) is 0 Å². The number of amides is 1. The van der Waals surface area contributed by atoms with Crippen LogP contribution in [0.3, 0.4) is 0 Å². The molecule has 2 atom stereocenters. The molecular formula is C59H111NO3. The molecule has 370 valence electrons. The summed E-state index contributed by atoms with van der Waals surface area (Å²) in [6.45, 7) is 4.28. The van der Waals surface area contributed by atoms with Crippen molar-refractivity contribution >= 4 is 5.91 Å². The molecule has 0 spiro atoms. The number of allylic oxidation sites excluding steroid dienone is 7. The third-order valence-corrected chi connectivity index (χ3v) is 13.0. The highest BCUT2D eigenvalue weighted by atomic mass is 16.3. The van der Waals surface area contributed by atoms with E-state index in [2.05, 4.69) is 55.6 Å². The smallest absolute Gasteiger partial charge is 0.220 e. The van der Waals surface area contributed by atoms with E-state index in [0.29, 0.717) is 6.42 Å². The van der Waals surface area contributed by atoms with Gasteiger partial charge in [0.1, 0.15) is 0 Å². The SMILES string of the molecule is CCCCCCC/C=C\C/C=C\CCCCCCCCCCCCCCCCCCCCCCCCCCCCCC(=O)NC(CO)C(O)/C=C/CC/C=C/CCCCCCCC. The van der Waals surface area contributed by atoms with Gasteiger partial charge < -0.3 is 15.5 Å². The van der Waals surface area contributed by atoms with Crippen molar-refractivity contribution in [2.45, 2.75) is 315 Å².